The van der Waals surface area contributed by atoms with E-state index in [-0.39, 0.29) is 28.7 Å². The van der Waals surface area contributed by atoms with Crippen LogP contribution in [0.25, 0.3) is 22.4 Å². The van der Waals surface area contributed by atoms with Crippen molar-refractivity contribution in [3.8, 4) is 28.1 Å². The van der Waals surface area contributed by atoms with Gasteiger partial charge < -0.3 is 20.6 Å². The number of aliphatic hydroxyl groups excluding tert-OH is 1. The van der Waals surface area contributed by atoms with Crippen molar-refractivity contribution in [2.24, 2.45) is 5.73 Å². The van der Waals surface area contributed by atoms with E-state index in [1.54, 1.807) is 19.1 Å². The molecule has 0 unspecified atom stereocenters. The van der Waals surface area contributed by atoms with Gasteiger partial charge in [0.1, 0.15) is 12.4 Å². The topological polar surface area (TPSA) is 84.2 Å². The number of benzene rings is 3. The van der Waals surface area contributed by atoms with E-state index in [1.165, 1.54) is 12.3 Å². The molecular formula is C26H23ClF3N3O2. The standard InChI is InChI=1S/C26H23ClF3N3O2/c1-25(31,15-34)24-32-13-22(33-24)19-11-20(26(28,29)30)23(21(27)12-19)35-14-16-7-9-18(10-8-16)17-5-3-2-4-6-17/h2-13,34H,14-15,31H2,1H3,(H,32,33)/t25-/m0/s1. The summed E-state index contributed by atoms with van der Waals surface area (Å²) in [7, 11) is 0. The van der Waals surface area contributed by atoms with Crippen LogP contribution in [0.3, 0.4) is 0 Å². The predicted molar refractivity (Wildman–Crippen MR) is 129 cm³/mol. The minimum absolute atomic E-state index is 0.0898. The molecule has 4 aromatic rings. The van der Waals surface area contributed by atoms with Gasteiger partial charge in [0.2, 0.25) is 0 Å². The predicted octanol–water partition coefficient (Wildman–Crippen LogP) is 6.16. The van der Waals surface area contributed by atoms with Crippen LogP contribution in [-0.2, 0) is 18.3 Å². The zero-order valence-corrected chi connectivity index (χ0v) is 19.5. The minimum Gasteiger partial charge on any atom is -0.487 e. The molecule has 5 nitrogen and oxygen atoms in total. The molecule has 0 saturated heterocycles. The Hall–Kier alpha value is -3.33. The third-order valence-electron chi connectivity index (χ3n) is 5.55. The lowest BCUT2D eigenvalue weighted by atomic mass is 10.0. The zero-order chi connectivity index (χ0) is 25.2. The normalized spacial score (nSPS) is 13.5. The Kier molecular flexibility index (Phi) is 6.89. The van der Waals surface area contributed by atoms with Crippen molar-refractivity contribution in [2.45, 2.75) is 25.2 Å². The van der Waals surface area contributed by atoms with Crippen molar-refractivity contribution in [1.82, 2.24) is 9.97 Å². The van der Waals surface area contributed by atoms with E-state index in [9.17, 15) is 18.3 Å². The van der Waals surface area contributed by atoms with E-state index in [0.717, 1.165) is 17.2 Å². The van der Waals surface area contributed by atoms with Gasteiger partial charge in [-0.25, -0.2) is 4.98 Å². The number of hydrogen-bond donors (Lipinski definition) is 3. The van der Waals surface area contributed by atoms with Crippen LogP contribution < -0.4 is 10.5 Å². The molecule has 1 atom stereocenters. The zero-order valence-electron chi connectivity index (χ0n) is 18.7. The molecule has 4 N–H and O–H groups in total. The number of aromatic amines is 1. The summed E-state index contributed by atoms with van der Waals surface area (Å²) >= 11 is 6.26. The molecular weight excluding hydrogens is 479 g/mol. The number of nitrogens with two attached hydrogens (primary N) is 1. The summed E-state index contributed by atoms with van der Waals surface area (Å²) in [6, 6.07) is 19.4. The van der Waals surface area contributed by atoms with Crippen molar-refractivity contribution in [1.29, 1.82) is 0 Å². The van der Waals surface area contributed by atoms with Gasteiger partial charge in [-0.2, -0.15) is 13.2 Å². The van der Waals surface area contributed by atoms with Gasteiger partial charge in [-0.3, -0.25) is 0 Å². The number of nitrogens with one attached hydrogen (secondary N) is 1. The summed E-state index contributed by atoms with van der Waals surface area (Å²) in [6.07, 6.45) is -3.36. The van der Waals surface area contributed by atoms with Gasteiger partial charge >= 0.3 is 6.18 Å². The lowest BCUT2D eigenvalue weighted by Gasteiger charge is -2.19. The van der Waals surface area contributed by atoms with E-state index >= 15 is 0 Å². The van der Waals surface area contributed by atoms with Crippen LogP contribution in [0.5, 0.6) is 5.75 Å². The van der Waals surface area contributed by atoms with E-state index in [4.69, 9.17) is 22.1 Å². The summed E-state index contributed by atoms with van der Waals surface area (Å²) in [5.74, 6) is -0.215. The Bertz CT molecular complexity index is 1300. The average molecular weight is 502 g/mol. The Morgan fingerprint density at radius 1 is 1.00 bits per heavy atom. The fraction of sp³-hybridized carbons (Fsp3) is 0.192. The molecule has 0 radical (unpaired) electrons. The second kappa shape index (κ2) is 9.73. The smallest absolute Gasteiger partial charge is 0.420 e. The van der Waals surface area contributed by atoms with Crippen molar-refractivity contribution in [3.05, 3.63) is 94.9 Å². The molecule has 0 fully saturated rings. The van der Waals surface area contributed by atoms with Gasteiger partial charge in [-0.1, -0.05) is 66.2 Å². The second-order valence-electron chi connectivity index (χ2n) is 8.41. The summed E-state index contributed by atoms with van der Waals surface area (Å²) in [5, 5.41) is 9.22. The van der Waals surface area contributed by atoms with Crippen LogP contribution >= 0.6 is 11.6 Å². The average Bonchev–Trinajstić information content (AvgIpc) is 3.35. The molecule has 1 aromatic heterocycles. The van der Waals surface area contributed by atoms with Gasteiger partial charge in [0.05, 0.1) is 34.6 Å². The maximum Gasteiger partial charge on any atom is 0.420 e. The SMILES string of the molecule is C[C@](N)(CO)c1ncc(-c2cc(Cl)c(OCc3ccc(-c4ccccc4)cc3)c(C(F)(F)F)c2)[nH]1. The lowest BCUT2D eigenvalue weighted by Crippen LogP contribution is -2.38. The Morgan fingerprint density at radius 3 is 2.29 bits per heavy atom. The van der Waals surface area contributed by atoms with Crippen LogP contribution in [0, 0.1) is 0 Å². The van der Waals surface area contributed by atoms with Gasteiger partial charge in [-0.05, 0) is 35.7 Å². The Morgan fingerprint density at radius 2 is 1.66 bits per heavy atom. The first-order chi connectivity index (χ1) is 16.6. The highest BCUT2D eigenvalue weighted by atomic mass is 35.5. The van der Waals surface area contributed by atoms with Crippen LogP contribution in [0.2, 0.25) is 5.02 Å². The van der Waals surface area contributed by atoms with Crippen LogP contribution in [0.1, 0.15) is 23.9 Å². The molecule has 0 saturated carbocycles. The summed E-state index contributed by atoms with van der Waals surface area (Å²) in [4.78, 5) is 6.95. The van der Waals surface area contributed by atoms with Crippen molar-refractivity contribution in [3.63, 3.8) is 0 Å². The first-order valence-electron chi connectivity index (χ1n) is 10.7. The highest BCUT2D eigenvalue weighted by molar-refractivity contribution is 6.32. The van der Waals surface area contributed by atoms with Crippen molar-refractivity contribution < 1.29 is 23.0 Å². The number of aliphatic hydroxyl groups is 1. The van der Waals surface area contributed by atoms with Crippen LogP contribution in [-0.4, -0.2) is 21.7 Å². The first-order valence-corrected chi connectivity index (χ1v) is 11.1. The number of imidazole rings is 1. The molecule has 182 valence electrons. The Balaban J connectivity index is 1.60. The number of H-pyrrole nitrogens is 1. The fourth-order valence-electron chi connectivity index (χ4n) is 3.52. The Labute approximate surface area is 205 Å². The molecule has 35 heavy (non-hydrogen) atoms. The van der Waals surface area contributed by atoms with Gasteiger partial charge in [0, 0.05) is 5.56 Å². The number of aromatic nitrogens is 2. The van der Waals surface area contributed by atoms with Crippen LogP contribution in [0.15, 0.2) is 72.9 Å². The molecule has 0 amide bonds. The summed E-state index contributed by atoms with van der Waals surface area (Å²) in [5.41, 5.74) is 6.93. The van der Waals surface area contributed by atoms with Crippen LogP contribution in [0.4, 0.5) is 13.2 Å². The number of ether oxygens (including phenoxy) is 1. The highest BCUT2D eigenvalue weighted by Gasteiger charge is 2.36. The number of hydrogen-bond acceptors (Lipinski definition) is 4. The molecule has 1 heterocycles. The number of halogens is 4. The molecule has 0 aliphatic heterocycles. The van der Waals surface area contributed by atoms with Gasteiger partial charge in [-0.15, -0.1) is 0 Å². The minimum atomic E-state index is -4.71. The van der Waals surface area contributed by atoms with E-state index in [2.05, 4.69) is 9.97 Å². The maximum atomic E-state index is 13.9. The number of nitrogens with zero attached hydrogens (tertiary/aromatic N) is 1. The van der Waals surface area contributed by atoms with Gasteiger partial charge in [0.25, 0.3) is 0 Å². The molecule has 9 heteroatoms. The third-order valence-corrected chi connectivity index (χ3v) is 5.83. The van der Waals surface area contributed by atoms with Crippen molar-refractivity contribution in [2.75, 3.05) is 6.61 Å². The molecule has 4 rings (SSSR count). The second-order valence-corrected chi connectivity index (χ2v) is 8.81. The largest absolute Gasteiger partial charge is 0.487 e. The quantitative estimate of drug-likeness (QED) is 0.283. The summed E-state index contributed by atoms with van der Waals surface area (Å²) in [6.45, 7) is 1.06. The highest BCUT2D eigenvalue weighted by Crippen LogP contribution is 2.43. The summed E-state index contributed by atoms with van der Waals surface area (Å²) < 4.78 is 47.3. The van der Waals surface area contributed by atoms with E-state index in [1.807, 2.05) is 42.5 Å². The molecule has 3 aromatic carbocycles. The molecule has 0 aliphatic carbocycles. The third kappa shape index (κ3) is 5.51. The first kappa shape index (κ1) is 24.8. The van der Waals surface area contributed by atoms with E-state index < -0.39 is 29.6 Å². The molecule has 0 bridgehead atoms. The molecule has 0 spiro atoms. The lowest BCUT2D eigenvalue weighted by molar-refractivity contribution is -0.139. The fourth-order valence-corrected chi connectivity index (χ4v) is 3.79. The molecule has 0 aliphatic rings. The van der Waals surface area contributed by atoms with E-state index in [0.29, 0.717) is 5.56 Å². The maximum absolute atomic E-state index is 13.9. The number of rotatable bonds is 7. The monoisotopic (exact) mass is 501 g/mol. The van der Waals surface area contributed by atoms with Crippen molar-refractivity contribution >= 4 is 11.6 Å². The van der Waals surface area contributed by atoms with Gasteiger partial charge in [0.15, 0.2) is 5.75 Å². The number of alkyl halides is 3.